The fourth-order valence-electron chi connectivity index (χ4n) is 2.47. The molecule has 0 aromatic heterocycles. The number of halogens is 3. The van der Waals surface area contributed by atoms with Gasteiger partial charge in [-0.15, -0.1) is 0 Å². The topological polar surface area (TPSA) is 49.4 Å². The van der Waals surface area contributed by atoms with E-state index in [0.29, 0.717) is 0 Å². The van der Waals surface area contributed by atoms with Crippen LogP contribution in [0, 0.1) is 0 Å². The van der Waals surface area contributed by atoms with Gasteiger partial charge in [-0.25, -0.2) is 8.42 Å². The fraction of sp³-hybridized carbons (Fsp3) is 0.294. The van der Waals surface area contributed by atoms with Gasteiger partial charge in [0.25, 0.3) is 10.0 Å². The summed E-state index contributed by atoms with van der Waals surface area (Å²) in [7, 11) is -4.35. The normalized spacial score (nSPS) is 12.0. The Hall–Kier alpha value is -2.22. The summed E-state index contributed by atoms with van der Waals surface area (Å²) in [6.07, 6.45) is -4.75. The second-order valence-electron chi connectivity index (χ2n) is 5.32. The summed E-state index contributed by atoms with van der Waals surface area (Å²) >= 11 is 0. The maximum Gasteiger partial charge on any atom is 0.417 e. The smallest absolute Gasteiger partial charge is 0.372 e. The van der Waals surface area contributed by atoms with Crippen LogP contribution in [0.5, 0.6) is 0 Å². The van der Waals surface area contributed by atoms with Crippen molar-refractivity contribution in [3.8, 4) is 0 Å². The van der Waals surface area contributed by atoms with Crippen molar-refractivity contribution < 1.29 is 21.6 Å². The van der Waals surface area contributed by atoms with Gasteiger partial charge < -0.3 is 4.90 Å². The van der Waals surface area contributed by atoms with Gasteiger partial charge in [-0.1, -0.05) is 12.1 Å². The van der Waals surface area contributed by atoms with Gasteiger partial charge in [0.1, 0.15) is 0 Å². The van der Waals surface area contributed by atoms with E-state index in [2.05, 4.69) is 9.62 Å². The van der Waals surface area contributed by atoms with Crippen LogP contribution in [0.15, 0.2) is 53.4 Å². The molecular weight excluding hydrogens is 353 g/mol. The van der Waals surface area contributed by atoms with E-state index < -0.39 is 26.7 Å². The summed E-state index contributed by atoms with van der Waals surface area (Å²) in [6, 6.07) is 10.6. The highest BCUT2D eigenvalue weighted by atomic mass is 32.2. The van der Waals surface area contributed by atoms with Gasteiger partial charge in [-0.05, 0) is 50.2 Å². The van der Waals surface area contributed by atoms with Crippen molar-refractivity contribution >= 4 is 21.4 Å². The highest BCUT2D eigenvalue weighted by molar-refractivity contribution is 7.92. The molecular formula is C17H19F3N2O2S. The predicted octanol–water partition coefficient (Wildman–Crippen LogP) is 4.35. The molecule has 0 aliphatic heterocycles. The minimum atomic E-state index is -4.75. The van der Waals surface area contributed by atoms with Crippen LogP contribution in [0.4, 0.5) is 24.5 Å². The molecule has 25 heavy (non-hydrogen) atoms. The van der Waals surface area contributed by atoms with E-state index in [9.17, 15) is 21.6 Å². The van der Waals surface area contributed by atoms with Crippen molar-refractivity contribution in [3.05, 3.63) is 54.1 Å². The molecule has 0 radical (unpaired) electrons. The lowest BCUT2D eigenvalue weighted by atomic mass is 10.2. The number of nitrogens with one attached hydrogen (secondary N) is 1. The minimum Gasteiger partial charge on any atom is -0.372 e. The van der Waals surface area contributed by atoms with Crippen LogP contribution in [-0.4, -0.2) is 21.5 Å². The van der Waals surface area contributed by atoms with Gasteiger partial charge in [0.05, 0.1) is 10.5 Å². The number of rotatable bonds is 6. The largest absolute Gasteiger partial charge is 0.417 e. The summed E-state index contributed by atoms with van der Waals surface area (Å²) in [4.78, 5) is 1.27. The Bertz CT molecular complexity index is 815. The van der Waals surface area contributed by atoms with Gasteiger partial charge in [-0.2, -0.15) is 13.2 Å². The molecule has 0 heterocycles. The maximum atomic E-state index is 13.0. The molecule has 0 saturated heterocycles. The number of anilines is 2. The summed E-state index contributed by atoms with van der Waals surface area (Å²) in [6.45, 7) is 5.57. The average Bonchev–Trinajstić information content (AvgIpc) is 2.56. The van der Waals surface area contributed by atoms with E-state index in [1.54, 1.807) is 12.1 Å². The van der Waals surface area contributed by atoms with E-state index >= 15 is 0 Å². The Labute approximate surface area is 145 Å². The summed E-state index contributed by atoms with van der Waals surface area (Å²) in [5, 5.41) is 0. The quantitative estimate of drug-likeness (QED) is 0.820. The summed E-state index contributed by atoms with van der Waals surface area (Å²) in [5.41, 5.74) is -0.0845. The van der Waals surface area contributed by atoms with Crippen LogP contribution in [0.3, 0.4) is 0 Å². The van der Waals surface area contributed by atoms with Crippen molar-refractivity contribution in [2.45, 2.75) is 24.9 Å². The zero-order valence-electron chi connectivity index (χ0n) is 13.8. The number of benzene rings is 2. The Kier molecular flexibility index (Phi) is 5.62. The third kappa shape index (κ3) is 4.45. The van der Waals surface area contributed by atoms with Crippen LogP contribution in [-0.2, 0) is 16.2 Å². The second-order valence-corrected chi connectivity index (χ2v) is 6.97. The van der Waals surface area contributed by atoms with Crippen molar-refractivity contribution in [1.82, 2.24) is 0 Å². The van der Waals surface area contributed by atoms with Gasteiger partial charge >= 0.3 is 6.18 Å². The molecule has 2 aromatic carbocycles. The predicted molar refractivity (Wildman–Crippen MR) is 92.3 cm³/mol. The van der Waals surface area contributed by atoms with E-state index in [-0.39, 0.29) is 5.69 Å². The van der Waals surface area contributed by atoms with Gasteiger partial charge in [0.2, 0.25) is 0 Å². The standard InChI is InChI=1S/C17H19F3N2O2S/c1-3-22(4-2)14-11-9-13(10-12-14)21-25(23,24)16-8-6-5-7-15(16)17(18,19)20/h5-12,21H,3-4H2,1-2H3. The highest BCUT2D eigenvalue weighted by Gasteiger charge is 2.36. The van der Waals surface area contributed by atoms with Gasteiger partial charge in [0.15, 0.2) is 0 Å². The second kappa shape index (κ2) is 7.35. The molecule has 0 aliphatic rings. The molecule has 0 aliphatic carbocycles. The number of nitrogens with zero attached hydrogens (tertiary/aromatic N) is 1. The van der Waals surface area contributed by atoms with Crippen LogP contribution < -0.4 is 9.62 Å². The molecule has 2 rings (SSSR count). The highest BCUT2D eigenvalue weighted by Crippen LogP contribution is 2.34. The minimum absolute atomic E-state index is 0.202. The van der Waals surface area contributed by atoms with Crippen molar-refractivity contribution in [2.24, 2.45) is 0 Å². The first-order valence-electron chi connectivity index (χ1n) is 7.73. The average molecular weight is 372 g/mol. The van der Waals surface area contributed by atoms with Crippen LogP contribution >= 0.6 is 0 Å². The molecule has 0 atom stereocenters. The van der Waals surface area contributed by atoms with Crippen LogP contribution in [0.1, 0.15) is 19.4 Å². The molecule has 0 spiro atoms. The Morgan fingerprint density at radius 3 is 2.04 bits per heavy atom. The number of alkyl halides is 3. The first-order chi connectivity index (χ1) is 11.7. The third-order valence-corrected chi connectivity index (χ3v) is 5.17. The molecule has 0 saturated carbocycles. The molecule has 1 N–H and O–H groups in total. The molecule has 4 nitrogen and oxygen atoms in total. The zero-order chi connectivity index (χ0) is 18.7. The van der Waals surface area contributed by atoms with Gasteiger partial charge in [-0.3, -0.25) is 4.72 Å². The van der Waals surface area contributed by atoms with E-state index in [4.69, 9.17) is 0 Å². The monoisotopic (exact) mass is 372 g/mol. The van der Waals surface area contributed by atoms with Gasteiger partial charge in [0, 0.05) is 24.5 Å². The SMILES string of the molecule is CCN(CC)c1ccc(NS(=O)(=O)c2ccccc2C(F)(F)F)cc1. The lowest BCUT2D eigenvalue weighted by molar-refractivity contribution is -0.139. The van der Waals surface area contributed by atoms with E-state index in [0.717, 1.165) is 37.0 Å². The van der Waals surface area contributed by atoms with Crippen LogP contribution in [0.25, 0.3) is 0 Å². The lowest BCUT2D eigenvalue weighted by Crippen LogP contribution is -2.22. The van der Waals surface area contributed by atoms with Crippen LogP contribution in [0.2, 0.25) is 0 Å². The molecule has 0 bridgehead atoms. The molecule has 8 heteroatoms. The van der Waals surface area contributed by atoms with E-state index in [1.165, 1.54) is 18.2 Å². The Morgan fingerprint density at radius 2 is 1.52 bits per heavy atom. The van der Waals surface area contributed by atoms with Crippen molar-refractivity contribution in [2.75, 3.05) is 22.7 Å². The Morgan fingerprint density at radius 1 is 0.960 bits per heavy atom. The molecule has 136 valence electrons. The fourth-order valence-corrected chi connectivity index (χ4v) is 3.76. The summed E-state index contributed by atoms with van der Waals surface area (Å²) < 4.78 is 66.1. The maximum absolute atomic E-state index is 13.0. The molecule has 0 fully saturated rings. The molecule has 2 aromatic rings. The summed E-state index contributed by atoms with van der Waals surface area (Å²) in [5.74, 6) is 0. The molecule has 0 amide bonds. The lowest BCUT2D eigenvalue weighted by Gasteiger charge is -2.21. The number of hydrogen-bond acceptors (Lipinski definition) is 3. The Balaban J connectivity index is 2.31. The van der Waals surface area contributed by atoms with E-state index in [1.807, 2.05) is 13.8 Å². The van der Waals surface area contributed by atoms with Crippen molar-refractivity contribution in [3.63, 3.8) is 0 Å². The number of hydrogen-bond donors (Lipinski definition) is 1. The zero-order valence-corrected chi connectivity index (χ0v) is 14.7. The first kappa shape index (κ1) is 19.1. The molecule has 0 unspecified atom stereocenters. The van der Waals surface area contributed by atoms with Crippen molar-refractivity contribution in [1.29, 1.82) is 0 Å². The first-order valence-corrected chi connectivity index (χ1v) is 9.21. The number of sulfonamides is 1. The third-order valence-electron chi connectivity index (χ3n) is 3.73.